The van der Waals surface area contributed by atoms with Gasteiger partial charge in [0.15, 0.2) is 11.2 Å². The number of nitrogens with zero attached hydrogens (tertiary/aromatic N) is 5. The summed E-state index contributed by atoms with van der Waals surface area (Å²) in [6.45, 7) is 4.26. The van der Waals surface area contributed by atoms with E-state index < -0.39 is 0 Å². The van der Waals surface area contributed by atoms with Crippen molar-refractivity contribution < 1.29 is 0 Å². The lowest BCUT2D eigenvalue weighted by Crippen LogP contribution is -2.39. The Balaban J connectivity index is 2.13. The summed E-state index contributed by atoms with van der Waals surface area (Å²) in [7, 11) is 1.64. The number of hydrogen-bond acceptors (Lipinski definition) is 3. The van der Waals surface area contributed by atoms with Gasteiger partial charge in [-0.15, -0.1) is 0 Å². The van der Waals surface area contributed by atoms with Gasteiger partial charge >= 0.3 is 5.69 Å². The van der Waals surface area contributed by atoms with E-state index in [1.807, 2.05) is 36.7 Å². The van der Waals surface area contributed by atoms with Crippen LogP contribution in [0.25, 0.3) is 22.6 Å². The zero-order chi connectivity index (χ0) is 18.6. The highest BCUT2D eigenvalue weighted by molar-refractivity contribution is 6.30. The van der Waals surface area contributed by atoms with Gasteiger partial charge in [-0.05, 0) is 37.6 Å². The van der Waals surface area contributed by atoms with Crippen LogP contribution < -0.4 is 11.2 Å². The highest BCUT2D eigenvalue weighted by Crippen LogP contribution is 2.22. The first kappa shape index (κ1) is 16.7. The number of hydrogen-bond donors (Lipinski definition) is 0. The van der Waals surface area contributed by atoms with Crippen LogP contribution in [0.3, 0.4) is 0 Å². The van der Waals surface area contributed by atoms with Crippen LogP contribution in [-0.4, -0.2) is 23.1 Å². The molecule has 7 nitrogen and oxygen atoms in total. The third-order valence-corrected chi connectivity index (χ3v) is 4.81. The van der Waals surface area contributed by atoms with Crippen molar-refractivity contribution in [2.24, 2.45) is 7.05 Å². The predicted molar refractivity (Wildman–Crippen MR) is 102 cm³/mol. The predicted octanol–water partition coefficient (Wildman–Crippen LogP) is 2.51. The Kier molecular flexibility index (Phi) is 3.77. The molecule has 0 atom stereocenters. The van der Waals surface area contributed by atoms with Gasteiger partial charge in [0.2, 0.25) is 5.78 Å². The van der Waals surface area contributed by atoms with Gasteiger partial charge < -0.3 is 0 Å². The quantitative estimate of drug-likeness (QED) is 0.555. The lowest BCUT2D eigenvalue weighted by atomic mass is 10.3. The van der Waals surface area contributed by atoms with Crippen LogP contribution >= 0.6 is 11.6 Å². The number of halogens is 1. The lowest BCUT2D eigenvalue weighted by molar-refractivity contribution is 0.592. The second kappa shape index (κ2) is 5.88. The van der Waals surface area contributed by atoms with E-state index >= 15 is 0 Å². The molecule has 0 aliphatic heterocycles. The van der Waals surface area contributed by atoms with Crippen LogP contribution in [-0.2, 0) is 13.6 Å². The second-order valence-corrected chi connectivity index (χ2v) is 6.77. The first-order chi connectivity index (χ1) is 12.4. The SMILES string of the molecule is CCCn1c(=O)c2c(nc3n(-c4ccc(Cl)cc4)c(C)cn23)n(C)c1=O. The van der Waals surface area contributed by atoms with Gasteiger partial charge in [-0.25, -0.2) is 4.79 Å². The molecule has 26 heavy (non-hydrogen) atoms. The molecule has 0 aliphatic rings. The number of imidazole rings is 2. The van der Waals surface area contributed by atoms with Gasteiger partial charge in [0, 0.05) is 36.2 Å². The van der Waals surface area contributed by atoms with Crippen molar-refractivity contribution in [2.45, 2.75) is 26.8 Å². The van der Waals surface area contributed by atoms with Crippen molar-refractivity contribution in [3.8, 4) is 5.69 Å². The fraction of sp³-hybridized carbons (Fsp3) is 0.278. The van der Waals surface area contributed by atoms with E-state index in [1.54, 1.807) is 23.6 Å². The standard InChI is InChI=1S/C18H18ClN5O2/c1-4-9-22-16(25)14-15(21(3)18(22)26)20-17-23(14)10-11(2)24(17)13-7-5-12(19)6-8-13/h5-8,10H,4,9H2,1-3H3. The van der Waals surface area contributed by atoms with Crippen molar-refractivity contribution in [2.75, 3.05) is 0 Å². The van der Waals surface area contributed by atoms with Crippen LogP contribution in [0.1, 0.15) is 19.0 Å². The minimum absolute atomic E-state index is 0.314. The molecule has 0 saturated carbocycles. The third-order valence-electron chi connectivity index (χ3n) is 4.56. The maximum atomic E-state index is 12.9. The fourth-order valence-corrected chi connectivity index (χ4v) is 3.47. The molecule has 0 radical (unpaired) electrons. The molecule has 4 rings (SSSR count). The van der Waals surface area contributed by atoms with Crippen LogP contribution in [0.15, 0.2) is 40.1 Å². The molecule has 8 heteroatoms. The van der Waals surface area contributed by atoms with Gasteiger partial charge in [0.1, 0.15) is 0 Å². The van der Waals surface area contributed by atoms with Crippen molar-refractivity contribution in [3.05, 3.63) is 62.0 Å². The summed E-state index contributed by atoms with van der Waals surface area (Å²) in [6.07, 6.45) is 2.56. The van der Waals surface area contributed by atoms with Crippen LogP contribution in [0.2, 0.25) is 5.02 Å². The normalized spacial score (nSPS) is 11.7. The lowest BCUT2D eigenvalue weighted by Gasteiger charge is -2.06. The second-order valence-electron chi connectivity index (χ2n) is 6.33. The molecule has 3 aromatic heterocycles. The number of aromatic nitrogens is 5. The summed E-state index contributed by atoms with van der Waals surface area (Å²) in [5.41, 5.74) is 1.94. The molecule has 4 aromatic rings. The first-order valence-electron chi connectivity index (χ1n) is 8.40. The summed E-state index contributed by atoms with van der Waals surface area (Å²) >= 11 is 5.99. The molecule has 0 saturated heterocycles. The molecule has 3 heterocycles. The smallest absolute Gasteiger partial charge is 0.283 e. The number of fused-ring (bicyclic) bond motifs is 3. The number of aryl methyl sites for hydroxylation is 2. The topological polar surface area (TPSA) is 66.2 Å². The Hall–Kier alpha value is -2.80. The van der Waals surface area contributed by atoms with E-state index in [-0.39, 0.29) is 11.2 Å². The molecule has 0 aliphatic carbocycles. The van der Waals surface area contributed by atoms with Crippen LogP contribution in [0, 0.1) is 6.92 Å². The maximum absolute atomic E-state index is 12.9. The van der Waals surface area contributed by atoms with Crippen molar-refractivity contribution in [1.82, 2.24) is 23.1 Å². The molecular formula is C18H18ClN5O2. The molecule has 0 unspecified atom stereocenters. The van der Waals surface area contributed by atoms with Crippen molar-refractivity contribution in [3.63, 3.8) is 0 Å². The van der Waals surface area contributed by atoms with Gasteiger partial charge in [0.25, 0.3) is 5.56 Å². The summed E-state index contributed by atoms with van der Waals surface area (Å²) in [6, 6.07) is 7.39. The molecule has 0 N–H and O–H groups in total. The van der Waals surface area contributed by atoms with E-state index in [9.17, 15) is 9.59 Å². The molecule has 0 bridgehead atoms. The third kappa shape index (κ3) is 2.24. The molecule has 0 amide bonds. The summed E-state index contributed by atoms with van der Waals surface area (Å²) in [5, 5.41) is 0.646. The molecule has 0 spiro atoms. The first-order valence-corrected chi connectivity index (χ1v) is 8.77. The Bertz CT molecular complexity index is 1260. The van der Waals surface area contributed by atoms with E-state index in [0.29, 0.717) is 34.9 Å². The monoisotopic (exact) mass is 371 g/mol. The minimum Gasteiger partial charge on any atom is -0.283 e. The summed E-state index contributed by atoms with van der Waals surface area (Å²) in [5.74, 6) is 0.584. The van der Waals surface area contributed by atoms with E-state index in [2.05, 4.69) is 4.98 Å². The number of rotatable bonds is 3. The summed E-state index contributed by atoms with van der Waals surface area (Å²) < 4.78 is 6.39. The average Bonchev–Trinajstić information content (AvgIpc) is 3.12. The maximum Gasteiger partial charge on any atom is 0.332 e. The number of benzene rings is 1. The van der Waals surface area contributed by atoms with Crippen molar-refractivity contribution >= 4 is 28.5 Å². The molecule has 134 valence electrons. The Morgan fingerprint density at radius 2 is 1.85 bits per heavy atom. The molecule has 0 fully saturated rings. The fourth-order valence-electron chi connectivity index (χ4n) is 3.34. The summed E-state index contributed by atoms with van der Waals surface area (Å²) in [4.78, 5) is 30.0. The van der Waals surface area contributed by atoms with Gasteiger partial charge in [-0.3, -0.25) is 22.9 Å². The highest BCUT2D eigenvalue weighted by atomic mass is 35.5. The van der Waals surface area contributed by atoms with Gasteiger partial charge in [-0.1, -0.05) is 18.5 Å². The van der Waals surface area contributed by atoms with E-state index in [4.69, 9.17) is 11.6 Å². The average molecular weight is 372 g/mol. The van der Waals surface area contributed by atoms with E-state index in [0.717, 1.165) is 11.4 Å². The Morgan fingerprint density at radius 1 is 1.15 bits per heavy atom. The van der Waals surface area contributed by atoms with Crippen molar-refractivity contribution in [1.29, 1.82) is 0 Å². The Labute approximate surface area is 153 Å². The van der Waals surface area contributed by atoms with Crippen LogP contribution in [0.5, 0.6) is 0 Å². The minimum atomic E-state index is -0.347. The zero-order valence-electron chi connectivity index (χ0n) is 14.7. The Morgan fingerprint density at radius 3 is 2.50 bits per heavy atom. The largest absolute Gasteiger partial charge is 0.332 e. The zero-order valence-corrected chi connectivity index (χ0v) is 15.5. The molecular weight excluding hydrogens is 354 g/mol. The molecule has 1 aromatic carbocycles. The van der Waals surface area contributed by atoms with Gasteiger partial charge in [0.05, 0.1) is 0 Å². The van der Waals surface area contributed by atoms with E-state index in [1.165, 1.54) is 9.13 Å². The van der Waals surface area contributed by atoms with Crippen LogP contribution in [0.4, 0.5) is 0 Å². The van der Waals surface area contributed by atoms with Gasteiger partial charge in [-0.2, -0.15) is 4.98 Å². The highest BCUT2D eigenvalue weighted by Gasteiger charge is 2.20.